The highest BCUT2D eigenvalue weighted by Gasteiger charge is 2.32. The molecule has 4 rings (SSSR count). The zero-order valence-electron chi connectivity index (χ0n) is 15.3. The summed E-state index contributed by atoms with van der Waals surface area (Å²) in [5.74, 6) is 0.264. The highest BCUT2D eigenvalue weighted by molar-refractivity contribution is 6.02. The van der Waals surface area contributed by atoms with Crippen LogP contribution in [0.2, 0.25) is 0 Å². The average Bonchev–Trinajstić information content (AvgIpc) is 2.99. The number of carbonyl (C=O) groups is 1. The van der Waals surface area contributed by atoms with Gasteiger partial charge in [0, 0.05) is 18.7 Å². The second-order valence-corrected chi connectivity index (χ2v) is 8.09. The molecular weight excluding hydrogens is 334 g/mol. The molecule has 26 heavy (non-hydrogen) atoms. The zero-order valence-corrected chi connectivity index (χ0v) is 15.3. The summed E-state index contributed by atoms with van der Waals surface area (Å²) in [6.07, 6.45) is 3.62. The second-order valence-electron chi connectivity index (χ2n) is 8.09. The molecule has 2 N–H and O–H groups in total. The van der Waals surface area contributed by atoms with E-state index in [-0.39, 0.29) is 17.6 Å². The van der Waals surface area contributed by atoms with Crippen LogP contribution in [0.15, 0.2) is 18.3 Å². The van der Waals surface area contributed by atoms with Crippen molar-refractivity contribution in [3.05, 3.63) is 29.7 Å². The fourth-order valence-corrected chi connectivity index (χ4v) is 3.32. The Morgan fingerprint density at radius 3 is 2.77 bits per heavy atom. The number of amides is 1. The fourth-order valence-electron chi connectivity index (χ4n) is 3.32. The molecule has 0 bridgehead atoms. The van der Waals surface area contributed by atoms with Crippen LogP contribution in [0.25, 0.3) is 0 Å². The standard InChI is InChI=1S/C18H25N5O3/c1-18(2,3)23-14(15-8-12(24)10-26-15)9-16(21-23)20-17(25)13-6-7-19-22(13)11-4-5-11/h6-7,9,11-12,15,24H,4-5,8,10H2,1-3H3,(H,20,21,25). The number of carbonyl (C=O) groups excluding carboxylic acids is 1. The normalized spacial score (nSPS) is 23.4. The van der Waals surface area contributed by atoms with Gasteiger partial charge in [-0.25, -0.2) is 0 Å². The van der Waals surface area contributed by atoms with Gasteiger partial charge in [0.2, 0.25) is 0 Å². The first kappa shape index (κ1) is 17.2. The lowest BCUT2D eigenvalue weighted by Crippen LogP contribution is -2.26. The van der Waals surface area contributed by atoms with E-state index < -0.39 is 6.10 Å². The second kappa shape index (κ2) is 6.21. The molecule has 8 nitrogen and oxygen atoms in total. The van der Waals surface area contributed by atoms with Gasteiger partial charge in [0.15, 0.2) is 5.82 Å². The molecule has 140 valence electrons. The number of hydrogen-bond donors (Lipinski definition) is 2. The van der Waals surface area contributed by atoms with Crippen molar-refractivity contribution in [2.75, 3.05) is 11.9 Å². The summed E-state index contributed by atoms with van der Waals surface area (Å²) in [6, 6.07) is 3.90. The predicted molar refractivity (Wildman–Crippen MR) is 95.0 cm³/mol. The molecule has 2 aromatic rings. The lowest BCUT2D eigenvalue weighted by atomic mass is 10.1. The molecule has 1 aliphatic heterocycles. The summed E-state index contributed by atoms with van der Waals surface area (Å²) in [5.41, 5.74) is 1.14. The largest absolute Gasteiger partial charge is 0.391 e. The first-order valence-corrected chi connectivity index (χ1v) is 9.08. The minimum Gasteiger partial charge on any atom is -0.391 e. The maximum absolute atomic E-state index is 12.7. The lowest BCUT2D eigenvalue weighted by Gasteiger charge is -2.24. The first-order valence-electron chi connectivity index (χ1n) is 9.08. The molecule has 0 aromatic carbocycles. The van der Waals surface area contributed by atoms with Gasteiger partial charge in [-0.15, -0.1) is 0 Å². The van der Waals surface area contributed by atoms with Crippen LogP contribution in [0.4, 0.5) is 5.82 Å². The smallest absolute Gasteiger partial charge is 0.275 e. The van der Waals surface area contributed by atoms with Crippen LogP contribution in [-0.2, 0) is 10.3 Å². The van der Waals surface area contributed by atoms with Crippen molar-refractivity contribution in [1.29, 1.82) is 0 Å². The molecule has 2 unspecified atom stereocenters. The van der Waals surface area contributed by atoms with Crippen LogP contribution < -0.4 is 5.32 Å². The Balaban J connectivity index is 1.59. The van der Waals surface area contributed by atoms with E-state index in [4.69, 9.17) is 4.74 Å². The van der Waals surface area contributed by atoms with Gasteiger partial charge in [-0.05, 0) is 39.7 Å². The van der Waals surface area contributed by atoms with Crippen molar-refractivity contribution >= 4 is 11.7 Å². The summed E-state index contributed by atoms with van der Waals surface area (Å²) in [6.45, 7) is 6.45. The van der Waals surface area contributed by atoms with E-state index in [2.05, 4.69) is 15.5 Å². The summed E-state index contributed by atoms with van der Waals surface area (Å²) in [7, 11) is 0. The molecule has 1 aliphatic carbocycles. The Morgan fingerprint density at radius 2 is 2.15 bits per heavy atom. The van der Waals surface area contributed by atoms with E-state index in [0.29, 0.717) is 30.6 Å². The Labute approximate surface area is 152 Å². The van der Waals surface area contributed by atoms with Crippen molar-refractivity contribution in [2.45, 2.75) is 63.8 Å². The monoisotopic (exact) mass is 359 g/mol. The fraction of sp³-hybridized carbons (Fsp3) is 0.611. The van der Waals surface area contributed by atoms with Crippen LogP contribution in [0.5, 0.6) is 0 Å². The molecule has 1 amide bonds. The molecule has 2 fully saturated rings. The van der Waals surface area contributed by atoms with E-state index in [0.717, 1.165) is 18.5 Å². The number of ether oxygens (including phenoxy) is 1. The third-order valence-corrected chi connectivity index (χ3v) is 4.72. The first-order chi connectivity index (χ1) is 12.3. The Morgan fingerprint density at radius 1 is 1.38 bits per heavy atom. The van der Waals surface area contributed by atoms with Crippen molar-refractivity contribution in [1.82, 2.24) is 19.6 Å². The SMILES string of the molecule is CC(C)(C)n1nc(NC(=O)c2ccnn2C2CC2)cc1C1CC(O)CO1. The Hall–Kier alpha value is -2.19. The molecule has 2 atom stereocenters. The summed E-state index contributed by atoms with van der Waals surface area (Å²) in [5, 5.41) is 21.5. The minimum absolute atomic E-state index is 0.216. The van der Waals surface area contributed by atoms with Gasteiger partial charge in [-0.2, -0.15) is 10.2 Å². The summed E-state index contributed by atoms with van der Waals surface area (Å²) >= 11 is 0. The third kappa shape index (κ3) is 3.26. The summed E-state index contributed by atoms with van der Waals surface area (Å²) in [4.78, 5) is 12.7. The third-order valence-electron chi connectivity index (χ3n) is 4.72. The van der Waals surface area contributed by atoms with Crippen molar-refractivity contribution < 1.29 is 14.6 Å². The predicted octanol–water partition coefficient (Wildman–Crippen LogP) is 2.24. The maximum atomic E-state index is 12.7. The van der Waals surface area contributed by atoms with E-state index >= 15 is 0 Å². The number of hydrogen-bond acceptors (Lipinski definition) is 5. The number of nitrogens with one attached hydrogen (secondary N) is 1. The molecule has 1 saturated heterocycles. The Kier molecular flexibility index (Phi) is 4.11. The molecule has 1 saturated carbocycles. The van der Waals surface area contributed by atoms with Crippen molar-refractivity contribution in [3.8, 4) is 0 Å². The molecule has 0 radical (unpaired) electrons. The molecular formula is C18H25N5O3. The molecule has 8 heteroatoms. The van der Waals surface area contributed by atoms with Gasteiger partial charge < -0.3 is 15.2 Å². The number of aliphatic hydroxyl groups excluding tert-OH is 1. The van der Waals surface area contributed by atoms with Crippen LogP contribution in [0.3, 0.4) is 0 Å². The highest BCUT2D eigenvalue weighted by Crippen LogP contribution is 2.36. The minimum atomic E-state index is -0.464. The van der Waals surface area contributed by atoms with E-state index in [1.807, 2.05) is 31.5 Å². The number of aliphatic hydroxyl groups is 1. The van der Waals surface area contributed by atoms with Crippen LogP contribution >= 0.6 is 0 Å². The average molecular weight is 359 g/mol. The van der Waals surface area contributed by atoms with E-state index in [1.165, 1.54) is 0 Å². The molecule has 0 spiro atoms. The van der Waals surface area contributed by atoms with Gasteiger partial charge in [0.25, 0.3) is 5.91 Å². The zero-order chi connectivity index (χ0) is 18.5. The van der Waals surface area contributed by atoms with Crippen LogP contribution in [-0.4, -0.2) is 43.3 Å². The number of rotatable bonds is 4. The number of anilines is 1. The highest BCUT2D eigenvalue weighted by atomic mass is 16.5. The van der Waals surface area contributed by atoms with Gasteiger partial charge in [-0.3, -0.25) is 14.2 Å². The van der Waals surface area contributed by atoms with Crippen LogP contribution in [0.1, 0.15) is 68.4 Å². The molecule has 3 heterocycles. The van der Waals surface area contributed by atoms with Gasteiger partial charge in [0.1, 0.15) is 11.8 Å². The van der Waals surface area contributed by atoms with Crippen molar-refractivity contribution in [2.24, 2.45) is 0 Å². The molecule has 2 aromatic heterocycles. The Bertz CT molecular complexity index is 815. The summed E-state index contributed by atoms with van der Waals surface area (Å²) < 4.78 is 9.35. The quantitative estimate of drug-likeness (QED) is 0.873. The molecule has 2 aliphatic rings. The van der Waals surface area contributed by atoms with E-state index in [9.17, 15) is 9.90 Å². The lowest BCUT2D eigenvalue weighted by molar-refractivity contribution is 0.0814. The number of aromatic nitrogens is 4. The maximum Gasteiger partial charge on any atom is 0.275 e. The van der Waals surface area contributed by atoms with Gasteiger partial charge in [0.05, 0.1) is 30.0 Å². The van der Waals surface area contributed by atoms with Gasteiger partial charge in [-0.1, -0.05) is 0 Å². The topological polar surface area (TPSA) is 94.2 Å². The van der Waals surface area contributed by atoms with Gasteiger partial charge >= 0.3 is 0 Å². The van der Waals surface area contributed by atoms with Crippen LogP contribution in [0, 0.1) is 0 Å². The number of nitrogens with zero attached hydrogens (tertiary/aromatic N) is 4. The van der Waals surface area contributed by atoms with E-state index in [1.54, 1.807) is 16.9 Å². The van der Waals surface area contributed by atoms with Crippen molar-refractivity contribution in [3.63, 3.8) is 0 Å².